The highest BCUT2D eigenvalue weighted by Gasteiger charge is 2.65. The average molecular weight is 866 g/mol. The Hall–Kier alpha value is -6.74. The summed E-state index contributed by atoms with van der Waals surface area (Å²) in [6.07, 6.45) is 6.67. The fraction of sp³-hybridized carbons (Fsp3) is 0.188. The lowest BCUT2D eigenvalue weighted by atomic mass is 9.36. The molecule has 15 rings (SSSR count). The minimum atomic E-state index is -0.540. The lowest BCUT2D eigenvalue weighted by Crippen LogP contribution is -2.61. The zero-order chi connectivity index (χ0) is 43.6. The minimum Gasteiger partial charge on any atom is -0.310 e. The predicted molar refractivity (Wildman–Crippen MR) is 278 cm³/mol. The highest BCUT2D eigenvalue weighted by atomic mass is 32.1. The number of anilines is 3. The fourth-order valence-electron chi connectivity index (χ4n) is 14.8. The Morgan fingerprint density at radius 1 is 0.455 bits per heavy atom. The van der Waals surface area contributed by atoms with Crippen LogP contribution < -0.4 is 4.90 Å². The van der Waals surface area contributed by atoms with E-state index in [0.717, 1.165) is 17.3 Å². The first-order chi connectivity index (χ1) is 32.5. The van der Waals surface area contributed by atoms with Crippen LogP contribution in [0.25, 0.3) is 42.1 Å². The third-order valence-corrected chi connectivity index (χ3v) is 18.1. The maximum absolute atomic E-state index is 2.65. The summed E-state index contributed by atoms with van der Waals surface area (Å²) in [7, 11) is 0. The molecule has 0 aliphatic heterocycles. The molecule has 2 heteroatoms. The maximum atomic E-state index is 2.65. The van der Waals surface area contributed by atoms with Gasteiger partial charge in [0.05, 0.1) is 5.41 Å². The lowest BCUT2D eigenvalue weighted by molar-refractivity contribution is -0.0920. The molecule has 5 aliphatic rings. The van der Waals surface area contributed by atoms with Crippen molar-refractivity contribution in [2.75, 3.05) is 4.90 Å². The predicted octanol–water partition coefficient (Wildman–Crippen LogP) is 17.2. The molecular weight excluding hydrogens is 815 g/mol. The third kappa shape index (κ3) is 5.40. The number of rotatable bonds is 6. The van der Waals surface area contributed by atoms with Crippen molar-refractivity contribution >= 4 is 59.3 Å². The summed E-state index contributed by atoms with van der Waals surface area (Å²) in [5.41, 5.74) is 14.5. The van der Waals surface area contributed by atoms with Crippen LogP contribution in [-0.2, 0) is 10.8 Å². The van der Waals surface area contributed by atoms with Crippen molar-refractivity contribution in [3.8, 4) is 11.1 Å². The molecule has 9 aromatic carbocycles. The van der Waals surface area contributed by atoms with Crippen molar-refractivity contribution in [2.45, 2.75) is 49.9 Å². The molecule has 0 N–H and O–H groups in total. The molecule has 66 heavy (non-hydrogen) atoms. The zero-order valence-electron chi connectivity index (χ0n) is 37.3. The zero-order valence-corrected chi connectivity index (χ0v) is 38.1. The Kier molecular flexibility index (Phi) is 8.39. The van der Waals surface area contributed by atoms with Gasteiger partial charge in [0, 0.05) is 42.6 Å². The summed E-state index contributed by atoms with van der Waals surface area (Å²) < 4.78 is 2.67. The van der Waals surface area contributed by atoms with Gasteiger partial charge in [0.2, 0.25) is 0 Å². The normalized spacial score (nSPS) is 23.3. The van der Waals surface area contributed by atoms with Crippen LogP contribution in [0.1, 0.15) is 72.4 Å². The number of nitrogens with zero attached hydrogens (tertiary/aromatic N) is 1. The van der Waals surface area contributed by atoms with Gasteiger partial charge in [0.1, 0.15) is 0 Å². The highest BCUT2D eigenvalue weighted by molar-refractivity contribution is 7.26. The Morgan fingerprint density at radius 2 is 1.06 bits per heavy atom. The quantitative estimate of drug-likeness (QED) is 0.161. The van der Waals surface area contributed by atoms with Gasteiger partial charge in [-0.05, 0) is 153 Å². The molecule has 1 spiro atoms. The van der Waals surface area contributed by atoms with Gasteiger partial charge in [-0.3, -0.25) is 0 Å². The number of fused-ring (bicyclic) bond motifs is 6. The molecule has 0 radical (unpaired) electrons. The molecular formula is C64H51NS. The third-order valence-electron chi connectivity index (χ3n) is 16.9. The van der Waals surface area contributed by atoms with E-state index in [2.05, 4.69) is 224 Å². The summed E-state index contributed by atoms with van der Waals surface area (Å²) in [5.74, 6) is 2.04. The van der Waals surface area contributed by atoms with E-state index >= 15 is 0 Å². The Morgan fingerprint density at radius 3 is 1.83 bits per heavy atom. The van der Waals surface area contributed by atoms with Crippen LogP contribution in [-0.4, -0.2) is 0 Å². The molecule has 4 saturated carbocycles. The molecule has 4 fully saturated rings. The first-order valence-electron chi connectivity index (χ1n) is 24.2. The number of benzene rings is 9. The van der Waals surface area contributed by atoms with E-state index in [-0.39, 0.29) is 5.41 Å². The number of thiophene rings is 1. The summed E-state index contributed by atoms with van der Waals surface area (Å²) in [6.45, 7) is 2.62. The van der Waals surface area contributed by atoms with Gasteiger partial charge in [0.25, 0.3) is 0 Å². The smallest absolute Gasteiger partial charge is 0.0708 e. The summed E-state index contributed by atoms with van der Waals surface area (Å²) in [5, 5.41) is 5.14. The molecule has 0 amide bonds. The first kappa shape index (κ1) is 38.5. The summed E-state index contributed by atoms with van der Waals surface area (Å²) >= 11 is 1.90. The van der Waals surface area contributed by atoms with Crippen molar-refractivity contribution in [1.29, 1.82) is 0 Å². The van der Waals surface area contributed by atoms with Crippen LogP contribution in [0.15, 0.2) is 212 Å². The van der Waals surface area contributed by atoms with Gasteiger partial charge >= 0.3 is 0 Å². The van der Waals surface area contributed by atoms with Gasteiger partial charge in [-0.15, -0.1) is 11.3 Å². The van der Waals surface area contributed by atoms with Crippen molar-refractivity contribution in [1.82, 2.24) is 0 Å². The highest BCUT2D eigenvalue weighted by Crippen LogP contribution is 2.72. The lowest BCUT2D eigenvalue weighted by Gasteiger charge is -2.67. The topological polar surface area (TPSA) is 3.24 Å². The molecule has 1 nitrogen and oxygen atoms in total. The molecule has 4 bridgehead atoms. The van der Waals surface area contributed by atoms with Crippen LogP contribution in [0, 0.1) is 23.2 Å². The number of hydrogen-bond acceptors (Lipinski definition) is 2. The van der Waals surface area contributed by atoms with Crippen LogP contribution in [0.3, 0.4) is 0 Å². The van der Waals surface area contributed by atoms with Crippen molar-refractivity contribution in [3.63, 3.8) is 0 Å². The SMILES string of the molecule is CC12CC3C[C@@H](C1)C1(c4ccccc4C(c4ccccc4)(c4ccccc4)c4cc(N(c5cccc(-c6cccc7c6sc6ccccc67)c5)c5ccc6ccccc6c5)ccc41)[C@@H](C3)C2. The van der Waals surface area contributed by atoms with Crippen LogP contribution >= 0.6 is 11.3 Å². The molecule has 10 aromatic rings. The maximum Gasteiger partial charge on any atom is 0.0708 e. The number of hydrogen-bond donors (Lipinski definition) is 0. The van der Waals surface area contributed by atoms with Gasteiger partial charge in [-0.1, -0.05) is 177 Å². The Labute approximate surface area is 392 Å². The molecule has 0 unspecified atom stereocenters. The Balaban J connectivity index is 1.06. The van der Waals surface area contributed by atoms with E-state index in [1.54, 1.807) is 11.1 Å². The Bertz CT molecular complexity index is 3470. The second-order valence-electron chi connectivity index (χ2n) is 20.5. The first-order valence-corrected chi connectivity index (χ1v) is 25.0. The van der Waals surface area contributed by atoms with E-state index in [1.807, 2.05) is 11.3 Å². The molecule has 5 aliphatic carbocycles. The van der Waals surface area contributed by atoms with Crippen molar-refractivity contribution < 1.29 is 0 Å². The monoisotopic (exact) mass is 865 g/mol. The summed E-state index contributed by atoms with van der Waals surface area (Å²) in [6, 6.07) is 81.3. The van der Waals surface area contributed by atoms with E-state index in [4.69, 9.17) is 0 Å². The van der Waals surface area contributed by atoms with Crippen molar-refractivity contribution in [3.05, 3.63) is 246 Å². The van der Waals surface area contributed by atoms with Crippen LogP contribution in [0.4, 0.5) is 17.1 Å². The second kappa shape index (κ2) is 14.4. The molecule has 1 aromatic heterocycles. The van der Waals surface area contributed by atoms with Crippen LogP contribution in [0.5, 0.6) is 0 Å². The second-order valence-corrected chi connectivity index (χ2v) is 21.5. The molecule has 2 atom stereocenters. The van der Waals surface area contributed by atoms with Crippen molar-refractivity contribution in [2.24, 2.45) is 23.2 Å². The van der Waals surface area contributed by atoms with Gasteiger partial charge < -0.3 is 4.90 Å². The molecule has 1 heterocycles. The average Bonchev–Trinajstić information content (AvgIpc) is 3.75. The van der Waals surface area contributed by atoms with Gasteiger partial charge in [0.15, 0.2) is 0 Å². The molecule has 0 saturated heterocycles. The molecule has 318 valence electrons. The van der Waals surface area contributed by atoms with Crippen LogP contribution in [0.2, 0.25) is 0 Å². The van der Waals surface area contributed by atoms with Gasteiger partial charge in [-0.25, -0.2) is 0 Å². The fourth-order valence-corrected chi connectivity index (χ4v) is 16.0. The van der Waals surface area contributed by atoms with Gasteiger partial charge in [-0.2, -0.15) is 0 Å². The van der Waals surface area contributed by atoms with E-state index in [9.17, 15) is 0 Å². The van der Waals surface area contributed by atoms with E-state index in [0.29, 0.717) is 17.3 Å². The minimum absolute atomic E-state index is 0.0510. The standard InChI is InChI=1S/C64H51NS/c1-62-39-42-34-48(40-62)64(49(35-42)41-62)57-28-12-11-27-56(57)63(46-19-4-2-5-20-46,47-21-6-3-7-22-47)59-38-52(32-33-58(59)64)65(51-31-30-43-16-8-9-17-44(43)36-51)50-23-14-18-45(37-50)53-25-15-26-55-54-24-10-13-29-60(54)66-61(53)55/h2-33,36-38,42,48-49H,34-35,39-41H2,1H3/t42?,48-,49-,62?,64?/m0/s1. The van der Waals surface area contributed by atoms with E-state index < -0.39 is 5.41 Å². The largest absolute Gasteiger partial charge is 0.310 e. The van der Waals surface area contributed by atoms with E-state index in [1.165, 1.54) is 102 Å². The summed E-state index contributed by atoms with van der Waals surface area (Å²) in [4.78, 5) is 2.55.